The van der Waals surface area contributed by atoms with Crippen LogP contribution in [0.4, 0.5) is 8.78 Å². The highest BCUT2D eigenvalue weighted by Gasteiger charge is 2.08. The lowest BCUT2D eigenvalue weighted by molar-refractivity contribution is 0.558. The van der Waals surface area contributed by atoms with Gasteiger partial charge in [0, 0.05) is 27.0 Å². The Kier molecular flexibility index (Phi) is 4.01. The molecule has 0 spiro atoms. The molecule has 0 aliphatic rings. The van der Waals surface area contributed by atoms with Gasteiger partial charge in [-0.2, -0.15) is 5.10 Å². The summed E-state index contributed by atoms with van der Waals surface area (Å²) in [6.45, 7) is 0.273. The molecule has 106 valence electrons. The molecule has 2 aromatic carbocycles. The first-order valence-corrected chi connectivity index (χ1v) is 7.42. The summed E-state index contributed by atoms with van der Waals surface area (Å²) >= 11 is 2.27. The Morgan fingerprint density at radius 1 is 1.10 bits per heavy atom. The largest absolute Gasteiger partial charge is 0.268 e. The van der Waals surface area contributed by atoms with Crippen molar-refractivity contribution in [1.82, 2.24) is 9.78 Å². The highest BCUT2D eigenvalue weighted by molar-refractivity contribution is 14.1. The lowest BCUT2D eigenvalue weighted by atomic mass is 10.1. The Morgan fingerprint density at radius 2 is 1.90 bits per heavy atom. The van der Waals surface area contributed by atoms with Crippen molar-refractivity contribution >= 4 is 22.6 Å². The number of nitrogens with zero attached hydrogens (tertiary/aromatic N) is 2. The summed E-state index contributed by atoms with van der Waals surface area (Å²) in [5.41, 5.74) is 2.47. The molecule has 1 aromatic heterocycles. The van der Waals surface area contributed by atoms with E-state index in [1.165, 1.54) is 12.1 Å². The zero-order chi connectivity index (χ0) is 14.8. The van der Waals surface area contributed by atoms with E-state index in [1.54, 1.807) is 10.9 Å². The summed E-state index contributed by atoms with van der Waals surface area (Å²) in [6, 6.07) is 11.6. The molecule has 2 nitrogen and oxygen atoms in total. The summed E-state index contributed by atoms with van der Waals surface area (Å²) in [6.07, 6.45) is 3.61. The molecule has 0 saturated carbocycles. The second-order valence-electron chi connectivity index (χ2n) is 4.64. The predicted molar refractivity (Wildman–Crippen MR) is 85.8 cm³/mol. The fourth-order valence-corrected chi connectivity index (χ4v) is 2.81. The van der Waals surface area contributed by atoms with Crippen LogP contribution in [0, 0.1) is 15.2 Å². The molecule has 3 rings (SSSR count). The van der Waals surface area contributed by atoms with Gasteiger partial charge in [-0.25, -0.2) is 8.78 Å². The van der Waals surface area contributed by atoms with Crippen LogP contribution in [0.25, 0.3) is 11.1 Å². The third-order valence-corrected chi connectivity index (χ3v) is 4.11. The second kappa shape index (κ2) is 5.93. The molecule has 0 atom stereocenters. The number of halogens is 3. The van der Waals surface area contributed by atoms with Gasteiger partial charge in [0.1, 0.15) is 11.6 Å². The summed E-state index contributed by atoms with van der Waals surface area (Å²) in [5, 5.41) is 4.25. The van der Waals surface area contributed by atoms with Gasteiger partial charge in [-0.05, 0) is 40.3 Å². The van der Waals surface area contributed by atoms with Crippen molar-refractivity contribution in [2.45, 2.75) is 6.54 Å². The minimum Gasteiger partial charge on any atom is -0.268 e. The van der Waals surface area contributed by atoms with Gasteiger partial charge < -0.3 is 0 Å². The fourth-order valence-electron chi connectivity index (χ4n) is 2.11. The average Bonchev–Trinajstić information content (AvgIpc) is 2.91. The maximum Gasteiger partial charge on any atom is 0.131 e. The van der Waals surface area contributed by atoms with Crippen molar-refractivity contribution in [2.24, 2.45) is 0 Å². The molecule has 0 fully saturated rings. The van der Waals surface area contributed by atoms with Crippen molar-refractivity contribution in [2.75, 3.05) is 0 Å². The summed E-state index contributed by atoms with van der Waals surface area (Å²) < 4.78 is 29.3. The molecular weight excluding hydrogens is 385 g/mol. The van der Waals surface area contributed by atoms with Gasteiger partial charge in [0.05, 0.1) is 12.7 Å². The minimum atomic E-state index is -0.573. The number of aromatic nitrogens is 2. The van der Waals surface area contributed by atoms with Gasteiger partial charge in [0.2, 0.25) is 0 Å². The van der Waals surface area contributed by atoms with Crippen LogP contribution >= 0.6 is 22.6 Å². The Hall–Kier alpha value is -1.76. The van der Waals surface area contributed by atoms with Gasteiger partial charge in [-0.3, -0.25) is 4.68 Å². The quantitative estimate of drug-likeness (QED) is 0.597. The van der Waals surface area contributed by atoms with E-state index >= 15 is 0 Å². The van der Waals surface area contributed by atoms with E-state index < -0.39 is 11.6 Å². The Morgan fingerprint density at radius 3 is 2.67 bits per heavy atom. The second-order valence-corrected chi connectivity index (χ2v) is 5.80. The van der Waals surface area contributed by atoms with Crippen LogP contribution in [0.1, 0.15) is 5.56 Å². The van der Waals surface area contributed by atoms with Gasteiger partial charge in [-0.1, -0.05) is 24.3 Å². The highest BCUT2D eigenvalue weighted by atomic mass is 127. The Labute approximate surface area is 134 Å². The normalized spacial score (nSPS) is 10.8. The monoisotopic (exact) mass is 396 g/mol. The zero-order valence-electron chi connectivity index (χ0n) is 10.9. The van der Waals surface area contributed by atoms with Crippen LogP contribution in [0.2, 0.25) is 0 Å². The van der Waals surface area contributed by atoms with Crippen LogP contribution in [-0.4, -0.2) is 9.78 Å². The van der Waals surface area contributed by atoms with E-state index in [0.717, 1.165) is 20.8 Å². The summed E-state index contributed by atoms with van der Waals surface area (Å²) in [5.74, 6) is -1.13. The topological polar surface area (TPSA) is 17.8 Å². The van der Waals surface area contributed by atoms with E-state index in [9.17, 15) is 8.78 Å². The molecule has 0 N–H and O–H groups in total. The van der Waals surface area contributed by atoms with Crippen molar-refractivity contribution in [1.29, 1.82) is 0 Å². The third-order valence-electron chi connectivity index (χ3n) is 3.17. The molecule has 0 saturated heterocycles. The highest BCUT2D eigenvalue weighted by Crippen LogP contribution is 2.24. The number of hydrogen-bond donors (Lipinski definition) is 0. The van der Waals surface area contributed by atoms with E-state index in [4.69, 9.17) is 0 Å². The lowest BCUT2D eigenvalue weighted by Gasteiger charge is -2.04. The zero-order valence-corrected chi connectivity index (χ0v) is 13.1. The van der Waals surface area contributed by atoms with Crippen LogP contribution in [-0.2, 0) is 6.54 Å². The van der Waals surface area contributed by atoms with Gasteiger partial charge in [0.15, 0.2) is 0 Å². The van der Waals surface area contributed by atoms with Crippen LogP contribution in [0.15, 0.2) is 54.9 Å². The smallest absolute Gasteiger partial charge is 0.131 e. The minimum absolute atomic E-state index is 0.273. The number of rotatable bonds is 3. The maximum absolute atomic E-state index is 13.6. The molecule has 0 aliphatic heterocycles. The number of benzene rings is 2. The molecule has 0 radical (unpaired) electrons. The first kappa shape index (κ1) is 14.2. The predicted octanol–water partition coefficient (Wildman–Crippen LogP) is 4.48. The number of hydrogen-bond acceptors (Lipinski definition) is 1. The molecule has 0 aliphatic carbocycles. The molecule has 5 heteroatoms. The molecule has 3 aromatic rings. The van der Waals surface area contributed by atoms with Crippen molar-refractivity contribution in [3.05, 3.63) is 75.6 Å². The van der Waals surface area contributed by atoms with Crippen molar-refractivity contribution < 1.29 is 8.78 Å². The van der Waals surface area contributed by atoms with Crippen molar-refractivity contribution in [3.63, 3.8) is 0 Å². The third kappa shape index (κ3) is 3.12. The molecule has 21 heavy (non-hydrogen) atoms. The lowest BCUT2D eigenvalue weighted by Crippen LogP contribution is -2.02. The SMILES string of the molecule is Fc1ccc(Cn2cc(-c3ccccc3I)cn2)c(F)c1. The van der Waals surface area contributed by atoms with E-state index in [0.29, 0.717) is 5.56 Å². The summed E-state index contributed by atoms with van der Waals surface area (Å²) in [4.78, 5) is 0. The van der Waals surface area contributed by atoms with E-state index in [2.05, 4.69) is 27.7 Å². The van der Waals surface area contributed by atoms with Gasteiger partial charge in [0.25, 0.3) is 0 Å². The van der Waals surface area contributed by atoms with Crippen LogP contribution < -0.4 is 0 Å². The van der Waals surface area contributed by atoms with E-state index in [1.807, 2.05) is 30.5 Å². The molecule has 0 unspecified atom stereocenters. The Bertz CT molecular complexity index is 783. The molecule has 0 bridgehead atoms. The molecular formula is C16H11F2IN2. The van der Waals surface area contributed by atoms with Crippen LogP contribution in [0.5, 0.6) is 0 Å². The Balaban J connectivity index is 1.87. The average molecular weight is 396 g/mol. The van der Waals surface area contributed by atoms with Crippen molar-refractivity contribution in [3.8, 4) is 11.1 Å². The standard InChI is InChI=1S/C16H11F2IN2/c17-13-6-5-11(15(18)7-13)9-21-10-12(8-20-21)14-3-1-2-4-16(14)19/h1-8,10H,9H2. The first-order valence-electron chi connectivity index (χ1n) is 6.35. The molecule has 0 amide bonds. The van der Waals surface area contributed by atoms with Gasteiger partial charge >= 0.3 is 0 Å². The van der Waals surface area contributed by atoms with Gasteiger partial charge in [-0.15, -0.1) is 0 Å². The van der Waals surface area contributed by atoms with Crippen LogP contribution in [0.3, 0.4) is 0 Å². The first-order chi connectivity index (χ1) is 10.1. The summed E-state index contributed by atoms with van der Waals surface area (Å²) in [7, 11) is 0. The van der Waals surface area contributed by atoms with E-state index in [-0.39, 0.29) is 6.54 Å². The maximum atomic E-state index is 13.6. The fraction of sp³-hybridized carbons (Fsp3) is 0.0625. The molecule has 1 heterocycles.